The zero-order valence-corrected chi connectivity index (χ0v) is 20.2. The lowest BCUT2D eigenvalue weighted by atomic mass is 10.2. The lowest BCUT2D eigenvalue weighted by molar-refractivity contribution is 0.0376. The van der Waals surface area contributed by atoms with E-state index in [9.17, 15) is 9.18 Å². The normalized spacial score (nSPS) is 14.0. The highest BCUT2D eigenvalue weighted by molar-refractivity contribution is 7.22. The predicted octanol–water partition coefficient (Wildman–Crippen LogP) is 4.24. The number of rotatable bonds is 8. The molecular weight excluding hydrogens is 469 g/mol. The molecule has 0 atom stereocenters. The Balaban J connectivity index is 0.00000306. The van der Waals surface area contributed by atoms with Crippen molar-refractivity contribution in [3.63, 3.8) is 0 Å². The molecular formula is C23H27ClFN3O4S. The SMILES string of the molecule is COc1ccc(OC)c2sc(N(CCCN3CCOCC3)C(=O)c3cccc(F)c3)nc12.Cl. The van der Waals surface area contributed by atoms with Crippen LogP contribution in [-0.4, -0.2) is 69.4 Å². The summed E-state index contributed by atoms with van der Waals surface area (Å²) >= 11 is 1.36. The molecule has 1 fully saturated rings. The van der Waals surface area contributed by atoms with Crippen molar-refractivity contribution in [1.82, 2.24) is 9.88 Å². The first kappa shape index (κ1) is 25.2. The minimum Gasteiger partial charge on any atom is -0.495 e. The first-order valence-electron chi connectivity index (χ1n) is 10.5. The van der Waals surface area contributed by atoms with E-state index in [-0.39, 0.29) is 23.9 Å². The zero-order valence-electron chi connectivity index (χ0n) is 18.6. The van der Waals surface area contributed by atoms with Crippen molar-refractivity contribution in [3.8, 4) is 11.5 Å². The maximum atomic E-state index is 13.8. The van der Waals surface area contributed by atoms with E-state index in [1.165, 1.54) is 23.5 Å². The number of nitrogens with zero attached hydrogens (tertiary/aromatic N) is 3. The van der Waals surface area contributed by atoms with E-state index in [2.05, 4.69) is 4.90 Å². The van der Waals surface area contributed by atoms with Crippen molar-refractivity contribution < 1.29 is 23.4 Å². The number of ether oxygens (including phenoxy) is 3. The highest BCUT2D eigenvalue weighted by Crippen LogP contribution is 2.40. The number of amides is 1. The molecule has 0 saturated carbocycles. The topological polar surface area (TPSA) is 64.1 Å². The van der Waals surface area contributed by atoms with Gasteiger partial charge in [-0.15, -0.1) is 12.4 Å². The van der Waals surface area contributed by atoms with Crippen LogP contribution in [0.5, 0.6) is 11.5 Å². The number of halogens is 2. The summed E-state index contributed by atoms with van der Waals surface area (Å²) in [4.78, 5) is 22.1. The van der Waals surface area contributed by atoms with Crippen LogP contribution < -0.4 is 14.4 Å². The predicted molar refractivity (Wildman–Crippen MR) is 130 cm³/mol. The van der Waals surface area contributed by atoms with Gasteiger partial charge < -0.3 is 14.2 Å². The average molecular weight is 496 g/mol. The van der Waals surface area contributed by atoms with Crippen LogP contribution in [0.1, 0.15) is 16.8 Å². The third-order valence-electron chi connectivity index (χ3n) is 5.41. The maximum Gasteiger partial charge on any atom is 0.260 e. The summed E-state index contributed by atoms with van der Waals surface area (Å²) in [6.07, 6.45) is 0.755. The summed E-state index contributed by atoms with van der Waals surface area (Å²) in [6, 6.07) is 9.36. The molecule has 10 heteroatoms. The summed E-state index contributed by atoms with van der Waals surface area (Å²) in [6.45, 7) is 4.51. The van der Waals surface area contributed by atoms with E-state index in [0.717, 1.165) is 44.0 Å². The van der Waals surface area contributed by atoms with Gasteiger partial charge in [0, 0.05) is 31.7 Å². The van der Waals surface area contributed by atoms with Gasteiger partial charge in [0.05, 0.1) is 27.4 Å². The van der Waals surface area contributed by atoms with Crippen molar-refractivity contribution in [2.45, 2.75) is 6.42 Å². The fourth-order valence-corrected chi connectivity index (χ4v) is 4.83. The maximum absolute atomic E-state index is 13.8. The lowest BCUT2D eigenvalue weighted by Crippen LogP contribution is -2.39. The number of benzene rings is 2. The third kappa shape index (κ3) is 5.73. The van der Waals surface area contributed by atoms with Gasteiger partial charge in [-0.05, 0) is 36.8 Å². The second-order valence-corrected chi connectivity index (χ2v) is 8.40. The Morgan fingerprint density at radius 3 is 2.61 bits per heavy atom. The molecule has 1 aliphatic heterocycles. The fraction of sp³-hybridized carbons (Fsp3) is 0.391. The molecule has 2 heterocycles. The van der Waals surface area contributed by atoms with E-state index in [4.69, 9.17) is 19.2 Å². The largest absolute Gasteiger partial charge is 0.495 e. The Morgan fingerprint density at radius 1 is 1.18 bits per heavy atom. The molecule has 1 aromatic heterocycles. The molecule has 33 heavy (non-hydrogen) atoms. The average Bonchev–Trinajstić information content (AvgIpc) is 3.26. The Bertz CT molecular complexity index is 1050. The molecule has 0 N–H and O–H groups in total. The Morgan fingerprint density at radius 2 is 1.91 bits per heavy atom. The number of carbonyl (C=O) groups excluding carboxylic acids is 1. The smallest absolute Gasteiger partial charge is 0.260 e. The highest BCUT2D eigenvalue weighted by Gasteiger charge is 2.24. The van der Waals surface area contributed by atoms with Crippen molar-refractivity contribution in [2.24, 2.45) is 0 Å². The molecule has 2 aromatic carbocycles. The van der Waals surface area contributed by atoms with Gasteiger partial charge in [0.1, 0.15) is 27.5 Å². The van der Waals surface area contributed by atoms with E-state index in [1.54, 1.807) is 37.3 Å². The summed E-state index contributed by atoms with van der Waals surface area (Å²) in [7, 11) is 3.18. The lowest BCUT2D eigenvalue weighted by Gasteiger charge is -2.27. The summed E-state index contributed by atoms with van der Waals surface area (Å²) < 4.78 is 31.0. The minimum absolute atomic E-state index is 0. The van der Waals surface area contributed by atoms with Crippen molar-refractivity contribution in [1.29, 1.82) is 0 Å². The molecule has 1 amide bonds. The molecule has 0 bridgehead atoms. The van der Waals surface area contributed by atoms with Gasteiger partial charge in [0.15, 0.2) is 5.13 Å². The number of morpholine rings is 1. The molecule has 0 unspecified atom stereocenters. The van der Waals surface area contributed by atoms with Crippen molar-refractivity contribution in [3.05, 3.63) is 47.8 Å². The van der Waals surface area contributed by atoms with Gasteiger partial charge in [-0.25, -0.2) is 9.37 Å². The van der Waals surface area contributed by atoms with Gasteiger partial charge in [0.25, 0.3) is 5.91 Å². The summed E-state index contributed by atoms with van der Waals surface area (Å²) in [5, 5.41) is 0.527. The van der Waals surface area contributed by atoms with Crippen LogP contribution >= 0.6 is 23.7 Å². The van der Waals surface area contributed by atoms with Crippen molar-refractivity contribution in [2.75, 3.05) is 58.5 Å². The number of methoxy groups -OCH3 is 2. The second-order valence-electron chi connectivity index (χ2n) is 7.42. The van der Waals surface area contributed by atoms with Crippen LogP contribution in [0.15, 0.2) is 36.4 Å². The van der Waals surface area contributed by atoms with Crippen LogP contribution in [0.3, 0.4) is 0 Å². The number of anilines is 1. The monoisotopic (exact) mass is 495 g/mol. The van der Waals surface area contributed by atoms with E-state index in [1.807, 2.05) is 6.07 Å². The van der Waals surface area contributed by atoms with E-state index in [0.29, 0.717) is 28.7 Å². The van der Waals surface area contributed by atoms with Crippen molar-refractivity contribution >= 4 is 45.0 Å². The molecule has 7 nitrogen and oxygen atoms in total. The zero-order chi connectivity index (χ0) is 22.5. The molecule has 3 aromatic rings. The number of aromatic nitrogens is 1. The number of hydrogen-bond acceptors (Lipinski definition) is 7. The molecule has 178 valence electrons. The molecule has 1 aliphatic rings. The second kappa shape index (κ2) is 11.6. The quantitative estimate of drug-likeness (QED) is 0.465. The third-order valence-corrected chi connectivity index (χ3v) is 6.50. The van der Waals surface area contributed by atoms with Gasteiger partial charge in [-0.1, -0.05) is 17.4 Å². The van der Waals surface area contributed by atoms with E-state index < -0.39 is 5.82 Å². The number of fused-ring (bicyclic) bond motifs is 1. The Hall–Kier alpha value is -2.46. The van der Waals surface area contributed by atoms with Crippen LogP contribution in [0, 0.1) is 5.82 Å². The van der Waals surface area contributed by atoms with Crippen LogP contribution in [0.2, 0.25) is 0 Å². The van der Waals surface area contributed by atoms with Crippen LogP contribution in [-0.2, 0) is 4.74 Å². The van der Waals surface area contributed by atoms with Crippen LogP contribution in [0.25, 0.3) is 10.2 Å². The molecule has 4 rings (SSSR count). The number of carbonyl (C=O) groups is 1. The first-order valence-corrected chi connectivity index (χ1v) is 11.3. The van der Waals surface area contributed by atoms with Gasteiger partial charge in [-0.2, -0.15) is 0 Å². The van der Waals surface area contributed by atoms with E-state index >= 15 is 0 Å². The fourth-order valence-electron chi connectivity index (χ4n) is 3.73. The molecule has 0 radical (unpaired) electrons. The standard InChI is InChI=1S/C23H26FN3O4S.ClH/c1-29-18-7-8-19(30-2)21-20(18)25-23(32-21)27(10-4-9-26-11-13-31-14-12-26)22(28)16-5-3-6-17(24)15-16;/h3,5-8,15H,4,9-14H2,1-2H3;1H. The summed E-state index contributed by atoms with van der Waals surface area (Å²) in [5.41, 5.74) is 0.923. The van der Waals surface area contributed by atoms with Gasteiger partial charge in [0.2, 0.25) is 0 Å². The van der Waals surface area contributed by atoms with Gasteiger partial charge in [-0.3, -0.25) is 14.6 Å². The summed E-state index contributed by atoms with van der Waals surface area (Å²) in [5.74, 6) is 0.533. The highest BCUT2D eigenvalue weighted by atomic mass is 35.5. The molecule has 0 aliphatic carbocycles. The number of thiazole rings is 1. The van der Waals surface area contributed by atoms with Crippen LogP contribution in [0.4, 0.5) is 9.52 Å². The first-order chi connectivity index (χ1) is 15.6. The number of hydrogen-bond donors (Lipinski definition) is 0. The van der Waals surface area contributed by atoms with Gasteiger partial charge >= 0.3 is 0 Å². The molecule has 0 spiro atoms. The molecule has 1 saturated heterocycles. The Kier molecular flexibility index (Phi) is 8.85. The minimum atomic E-state index is -0.447. The Labute approximate surface area is 202 Å².